The Morgan fingerprint density at radius 2 is 1.26 bits per heavy atom. The molecule has 0 saturated carbocycles. The first-order valence-electron chi connectivity index (χ1n) is 11.7. The van der Waals surface area contributed by atoms with Gasteiger partial charge >= 0.3 is 0 Å². The van der Waals surface area contributed by atoms with Crippen LogP contribution in [0.2, 0.25) is 0 Å². The van der Waals surface area contributed by atoms with Gasteiger partial charge in [0.1, 0.15) is 0 Å². The Balaban J connectivity index is 1.88. The smallest absolute Gasteiger partial charge is 0.287 e. The molecule has 158 valence electrons. The van der Waals surface area contributed by atoms with Crippen molar-refractivity contribution in [3.8, 4) is 0 Å². The lowest BCUT2D eigenvalue weighted by Gasteiger charge is -2.29. The molecule has 0 aromatic rings. The minimum Gasteiger partial charge on any atom is -0.344 e. The molecule has 0 atom stereocenters. The van der Waals surface area contributed by atoms with Crippen molar-refractivity contribution < 1.29 is 14.1 Å². The minimum atomic E-state index is -0.371. The molecule has 0 aromatic heterocycles. The zero-order chi connectivity index (χ0) is 19.8. The summed E-state index contributed by atoms with van der Waals surface area (Å²) in [5.74, 6) is -0.602. The van der Waals surface area contributed by atoms with E-state index in [4.69, 9.17) is 0 Å². The monoisotopic (exact) mass is 381 g/mol. The van der Waals surface area contributed by atoms with Gasteiger partial charge in [-0.2, -0.15) is 0 Å². The molecule has 4 nitrogen and oxygen atoms in total. The predicted octanol–water partition coefficient (Wildman–Crippen LogP) is 5.00. The SMILES string of the molecule is CCCCCCCCCCCCCCC(=O)C(=O)NCC[N+]1(C)CCCC1. The third-order valence-corrected chi connectivity index (χ3v) is 6.09. The second kappa shape index (κ2) is 15.1. The number of nitrogens with zero attached hydrogens (tertiary/aromatic N) is 1. The maximum Gasteiger partial charge on any atom is 0.287 e. The Morgan fingerprint density at radius 1 is 0.778 bits per heavy atom. The number of nitrogens with one attached hydrogen (secondary N) is 1. The standard InChI is InChI=1S/C23H44N2O2/c1-3-4-5-6-7-8-9-10-11-12-13-14-17-22(26)23(27)24-18-21-25(2)19-15-16-20-25/h3-21H2,1-2H3/p+1. The molecule has 4 heteroatoms. The highest BCUT2D eigenvalue weighted by Gasteiger charge is 2.26. The largest absolute Gasteiger partial charge is 0.344 e. The van der Waals surface area contributed by atoms with Crippen LogP contribution in [0, 0.1) is 0 Å². The Hall–Kier alpha value is -0.900. The maximum atomic E-state index is 11.9. The first-order valence-corrected chi connectivity index (χ1v) is 11.7. The Kier molecular flexibility index (Phi) is 13.5. The normalized spacial score (nSPS) is 15.8. The Bertz CT molecular complexity index is 403. The van der Waals surface area contributed by atoms with Crippen LogP contribution in [-0.4, -0.2) is 49.4 Å². The molecule has 0 aromatic carbocycles. The van der Waals surface area contributed by atoms with Crippen molar-refractivity contribution in [2.75, 3.05) is 33.2 Å². The zero-order valence-corrected chi connectivity index (χ0v) is 18.2. The van der Waals surface area contributed by atoms with E-state index < -0.39 is 0 Å². The molecular formula is C23H45N2O2+. The molecule has 1 aliphatic heterocycles. The average Bonchev–Trinajstić information content (AvgIpc) is 3.08. The topological polar surface area (TPSA) is 46.2 Å². The predicted molar refractivity (Wildman–Crippen MR) is 114 cm³/mol. The molecule has 0 bridgehead atoms. The lowest BCUT2D eigenvalue weighted by Crippen LogP contribution is -2.47. The number of amides is 1. The quantitative estimate of drug-likeness (QED) is 0.219. The molecule has 1 aliphatic rings. The number of hydrogen-bond donors (Lipinski definition) is 1. The van der Waals surface area contributed by atoms with E-state index in [1.54, 1.807) is 0 Å². The highest BCUT2D eigenvalue weighted by atomic mass is 16.2. The van der Waals surface area contributed by atoms with E-state index in [0.717, 1.165) is 23.9 Å². The van der Waals surface area contributed by atoms with Gasteiger partial charge in [-0.1, -0.05) is 77.6 Å². The Labute approximate surface area is 168 Å². The van der Waals surface area contributed by atoms with Crippen LogP contribution in [0.1, 0.15) is 103 Å². The fraction of sp³-hybridized carbons (Fsp3) is 0.913. The fourth-order valence-corrected chi connectivity index (χ4v) is 4.10. The number of ketones is 1. The number of rotatable bonds is 17. The lowest BCUT2D eigenvalue weighted by atomic mass is 10.0. The van der Waals surface area contributed by atoms with Gasteiger partial charge < -0.3 is 9.80 Å². The van der Waals surface area contributed by atoms with Crippen LogP contribution in [0.15, 0.2) is 0 Å². The van der Waals surface area contributed by atoms with E-state index >= 15 is 0 Å². The first kappa shape index (κ1) is 24.1. The number of likely N-dealkylation sites (tertiary alicyclic amines) is 1. The molecule has 0 spiro atoms. The summed E-state index contributed by atoms with van der Waals surface area (Å²) in [5.41, 5.74) is 0. The highest BCUT2D eigenvalue weighted by molar-refractivity contribution is 6.36. The van der Waals surface area contributed by atoms with Gasteiger partial charge in [0.15, 0.2) is 0 Å². The fourth-order valence-electron chi connectivity index (χ4n) is 4.10. The number of likely N-dealkylation sites (N-methyl/N-ethyl adjacent to an activating group) is 1. The highest BCUT2D eigenvalue weighted by Crippen LogP contribution is 2.15. The van der Waals surface area contributed by atoms with Crippen molar-refractivity contribution in [2.24, 2.45) is 0 Å². The third kappa shape index (κ3) is 12.2. The number of carbonyl (C=O) groups excluding carboxylic acids is 2. The molecule has 0 unspecified atom stereocenters. The summed E-state index contributed by atoms with van der Waals surface area (Å²) in [5, 5.41) is 2.82. The first-order chi connectivity index (χ1) is 13.1. The summed E-state index contributed by atoms with van der Waals surface area (Å²) < 4.78 is 1.03. The number of carbonyl (C=O) groups is 2. The molecule has 1 saturated heterocycles. The number of hydrogen-bond acceptors (Lipinski definition) is 2. The maximum absolute atomic E-state index is 11.9. The summed E-state index contributed by atoms with van der Waals surface area (Å²) in [6, 6.07) is 0. The molecule has 1 fully saturated rings. The van der Waals surface area contributed by atoms with Gasteiger partial charge in [0.25, 0.3) is 5.91 Å². The molecule has 27 heavy (non-hydrogen) atoms. The van der Waals surface area contributed by atoms with Crippen molar-refractivity contribution in [3.63, 3.8) is 0 Å². The number of quaternary nitrogens is 1. The Morgan fingerprint density at radius 3 is 1.78 bits per heavy atom. The van der Waals surface area contributed by atoms with Crippen molar-refractivity contribution >= 4 is 11.7 Å². The van der Waals surface area contributed by atoms with Crippen molar-refractivity contribution in [1.82, 2.24) is 5.32 Å². The van der Waals surface area contributed by atoms with Crippen LogP contribution >= 0.6 is 0 Å². The zero-order valence-electron chi connectivity index (χ0n) is 18.2. The lowest BCUT2D eigenvalue weighted by molar-refractivity contribution is -0.896. The molecule has 1 rings (SSSR count). The van der Waals surface area contributed by atoms with E-state index in [0.29, 0.717) is 13.0 Å². The van der Waals surface area contributed by atoms with Crippen molar-refractivity contribution in [1.29, 1.82) is 0 Å². The molecule has 0 aliphatic carbocycles. The van der Waals surface area contributed by atoms with Crippen LogP contribution in [0.5, 0.6) is 0 Å². The summed E-state index contributed by atoms with van der Waals surface area (Å²) in [7, 11) is 2.24. The molecule has 1 heterocycles. The molecule has 1 amide bonds. The van der Waals surface area contributed by atoms with E-state index in [1.807, 2.05) is 0 Å². The number of unbranched alkanes of at least 4 members (excludes halogenated alkanes) is 11. The molecule has 1 N–H and O–H groups in total. The second-order valence-corrected chi connectivity index (χ2v) is 8.82. The van der Waals surface area contributed by atoms with E-state index in [9.17, 15) is 9.59 Å². The van der Waals surface area contributed by atoms with Gasteiger partial charge in [-0.15, -0.1) is 0 Å². The van der Waals surface area contributed by atoms with E-state index in [1.165, 1.54) is 90.1 Å². The van der Waals surface area contributed by atoms with Crippen LogP contribution in [0.4, 0.5) is 0 Å². The van der Waals surface area contributed by atoms with Gasteiger partial charge in [-0.3, -0.25) is 9.59 Å². The number of Topliss-reactive ketones (excluding diaryl/α,β-unsaturated/α-hetero) is 1. The van der Waals surface area contributed by atoms with Crippen molar-refractivity contribution in [2.45, 2.75) is 103 Å². The minimum absolute atomic E-state index is 0.230. The van der Waals surface area contributed by atoms with Gasteiger partial charge in [0.2, 0.25) is 5.78 Å². The molecule has 0 radical (unpaired) electrons. The van der Waals surface area contributed by atoms with Gasteiger partial charge in [0.05, 0.1) is 33.2 Å². The summed E-state index contributed by atoms with van der Waals surface area (Å²) in [6.07, 6.45) is 18.3. The van der Waals surface area contributed by atoms with E-state index in [-0.39, 0.29) is 11.7 Å². The van der Waals surface area contributed by atoms with Crippen LogP contribution in [-0.2, 0) is 9.59 Å². The third-order valence-electron chi connectivity index (χ3n) is 6.09. The molecular weight excluding hydrogens is 336 g/mol. The van der Waals surface area contributed by atoms with Gasteiger partial charge in [-0.25, -0.2) is 0 Å². The van der Waals surface area contributed by atoms with Crippen molar-refractivity contribution in [3.05, 3.63) is 0 Å². The summed E-state index contributed by atoms with van der Waals surface area (Å²) >= 11 is 0. The average molecular weight is 382 g/mol. The van der Waals surface area contributed by atoms with Crippen LogP contribution < -0.4 is 5.32 Å². The van der Waals surface area contributed by atoms with Crippen LogP contribution in [0.3, 0.4) is 0 Å². The second-order valence-electron chi connectivity index (χ2n) is 8.82. The van der Waals surface area contributed by atoms with E-state index in [2.05, 4.69) is 19.3 Å². The summed E-state index contributed by atoms with van der Waals surface area (Å²) in [6.45, 7) is 6.22. The summed E-state index contributed by atoms with van der Waals surface area (Å²) in [4.78, 5) is 23.8. The van der Waals surface area contributed by atoms with Gasteiger partial charge in [0, 0.05) is 19.3 Å². The van der Waals surface area contributed by atoms with Gasteiger partial charge in [-0.05, 0) is 6.42 Å². The van der Waals surface area contributed by atoms with Crippen LogP contribution in [0.25, 0.3) is 0 Å².